The second-order valence-corrected chi connectivity index (χ2v) is 8.48. The molecule has 7 nitrogen and oxygen atoms in total. The van der Waals surface area contributed by atoms with Gasteiger partial charge in [0.15, 0.2) is 11.5 Å². The van der Waals surface area contributed by atoms with Gasteiger partial charge in [0.05, 0.1) is 11.6 Å². The number of Topliss-reactive ketones (excluding diaryl/α,β-unsaturated/α-hetero) is 1. The van der Waals surface area contributed by atoms with Crippen molar-refractivity contribution in [3.05, 3.63) is 89.0 Å². The zero-order chi connectivity index (χ0) is 26.3. The molecule has 0 spiro atoms. The Balaban J connectivity index is 1.63. The zero-order valence-electron chi connectivity index (χ0n) is 19.4. The van der Waals surface area contributed by atoms with Crippen molar-refractivity contribution in [2.24, 2.45) is 0 Å². The van der Waals surface area contributed by atoms with Crippen LogP contribution in [0.1, 0.15) is 22.7 Å². The number of benzene rings is 3. The molecule has 1 fully saturated rings. The Hall–Kier alpha value is -4.47. The van der Waals surface area contributed by atoms with E-state index in [4.69, 9.17) is 9.47 Å². The van der Waals surface area contributed by atoms with Gasteiger partial charge in [0.1, 0.15) is 24.7 Å². The number of aliphatic hydroxyl groups is 1. The number of amides is 1. The predicted octanol–water partition coefficient (Wildman–Crippen LogP) is 5.29. The lowest BCUT2D eigenvalue weighted by atomic mass is 9.94. The Morgan fingerprint density at radius 1 is 0.973 bits per heavy atom. The number of carbonyl (C=O) groups is 2. The number of carbonyl (C=O) groups excluding carboxylic acids is 2. The van der Waals surface area contributed by atoms with Crippen LogP contribution in [0.15, 0.2) is 72.3 Å². The first kappa shape index (κ1) is 24.2. The molecule has 3 aromatic carbocycles. The Morgan fingerprint density at radius 3 is 2.35 bits per heavy atom. The van der Waals surface area contributed by atoms with Crippen molar-refractivity contribution >= 4 is 23.1 Å². The molecule has 1 saturated heterocycles. The lowest BCUT2D eigenvalue weighted by Crippen LogP contribution is -2.29. The molecule has 0 aromatic heterocycles. The van der Waals surface area contributed by atoms with Crippen molar-refractivity contribution in [2.45, 2.75) is 19.3 Å². The van der Waals surface area contributed by atoms with E-state index in [-0.39, 0.29) is 16.8 Å². The fourth-order valence-electron chi connectivity index (χ4n) is 4.41. The minimum atomic E-state index is -4.88. The summed E-state index contributed by atoms with van der Waals surface area (Å²) in [5.74, 6) is -1.89. The molecule has 1 unspecified atom stereocenters. The number of ketones is 1. The van der Waals surface area contributed by atoms with Crippen LogP contribution in [-0.2, 0) is 9.59 Å². The number of aryl methyl sites for hydroxylation is 1. The van der Waals surface area contributed by atoms with Crippen LogP contribution in [0, 0.1) is 6.92 Å². The van der Waals surface area contributed by atoms with Gasteiger partial charge in [-0.15, -0.1) is 13.2 Å². The van der Waals surface area contributed by atoms with E-state index in [9.17, 15) is 27.9 Å². The summed E-state index contributed by atoms with van der Waals surface area (Å²) in [6.07, 6.45) is -4.88. The Bertz CT molecular complexity index is 1410. The van der Waals surface area contributed by atoms with Gasteiger partial charge in [-0.3, -0.25) is 14.5 Å². The molecule has 10 heteroatoms. The molecular weight excluding hydrogens is 491 g/mol. The van der Waals surface area contributed by atoms with Crippen molar-refractivity contribution in [2.75, 3.05) is 18.1 Å². The molecule has 3 aromatic rings. The summed E-state index contributed by atoms with van der Waals surface area (Å²) in [5.41, 5.74) is 1.62. The van der Waals surface area contributed by atoms with Crippen molar-refractivity contribution in [3.8, 4) is 17.2 Å². The minimum absolute atomic E-state index is 0.157. The number of ether oxygens (including phenoxy) is 3. The molecule has 190 valence electrons. The standard InChI is InChI=1S/C27H20F3NO6/c1-15-3-2-4-16(13-15)23-22(24(32)17-5-10-20-21(14-17)36-12-11-35-20)25(33)26(34)31(23)18-6-8-19(9-7-18)37-27(28,29)30/h2-10,13-14,23,32H,11-12H2,1H3/b24-22-. The van der Waals surface area contributed by atoms with Gasteiger partial charge in [0, 0.05) is 11.3 Å². The van der Waals surface area contributed by atoms with Crippen molar-refractivity contribution < 1.29 is 42.1 Å². The number of rotatable bonds is 4. The lowest BCUT2D eigenvalue weighted by molar-refractivity contribution is -0.274. The first-order valence-corrected chi connectivity index (χ1v) is 11.3. The number of anilines is 1. The van der Waals surface area contributed by atoms with Crippen molar-refractivity contribution in [1.29, 1.82) is 0 Å². The number of nitrogens with zero attached hydrogens (tertiary/aromatic N) is 1. The van der Waals surface area contributed by atoms with Gasteiger partial charge in [0.2, 0.25) is 0 Å². The Morgan fingerprint density at radius 2 is 1.68 bits per heavy atom. The molecule has 0 aliphatic carbocycles. The molecule has 1 atom stereocenters. The number of hydrogen-bond donors (Lipinski definition) is 1. The van der Waals surface area contributed by atoms with Gasteiger partial charge in [0.25, 0.3) is 11.7 Å². The van der Waals surface area contributed by atoms with E-state index in [2.05, 4.69) is 4.74 Å². The van der Waals surface area contributed by atoms with E-state index in [1.165, 1.54) is 18.2 Å². The van der Waals surface area contributed by atoms with Crippen molar-refractivity contribution in [1.82, 2.24) is 0 Å². The quantitative estimate of drug-likeness (QED) is 0.291. The smallest absolute Gasteiger partial charge is 0.507 e. The van der Waals surface area contributed by atoms with Gasteiger partial charge >= 0.3 is 6.36 Å². The molecule has 2 aliphatic heterocycles. The topological polar surface area (TPSA) is 85.3 Å². The van der Waals surface area contributed by atoms with Crippen molar-refractivity contribution in [3.63, 3.8) is 0 Å². The summed E-state index contributed by atoms with van der Waals surface area (Å²) in [5, 5.41) is 11.3. The van der Waals surface area contributed by atoms with Crippen LogP contribution in [0.4, 0.5) is 18.9 Å². The first-order valence-electron chi connectivity index (χ1n) is 11.3. The van der Waals surface area contributed by atoms with Crippen LogP contribution in [0.5, 0.6) is 17.2 Å². The molecule has 2 aliphatic rings. The number of fused-ring (bicyclic) bond motifs is 1. The van der Waals surface area contributed by atoms with Crippen LogP contribution in [0.25, 0.3) is 5.76 Å². The van der Waals surface area contributed by atoms with Crippen LogP contribution >= 0.6 is 0 Å². The van der Waals surface area contributed by atoms with E-state index >= 15 is 0 Å². The van der Waals surface area contributed by atoms with Gasteiger partial charge in [-0.1, -0.05) is 29.8 Å². The highest BCUT2D eigenvalue weighted by Crippen LogP contribution is 2.43. The van der Waals surface area contributed by atoms with E-state index in [0.29, 0.717) is 30.3 Å². The molecule has 1 amide bonds. The SMILES string of the molecule is Cc1cccc(C2/C(=C(/O)c3ccc4c(c3)OCCO4)C(=O)C(=O)N2c2ccc(OC(F)(F)F)cc2)c1. The third-order valence-corrected chi connectivity index (χ3v) is 5.97. The molecule has 0 bridgehead atoms. The highest BCUT2D eigenvalue weighted by Gasteiger charge is 2.47. The maximum absolute atomic E-state index is 13.3. The minimum Gasteiger partial charge on any atom is -0.507 e. The van der Waals surface area contributed by atoms with E-state index in [1.807, 2.05) is 13.0 Å². The average molecular weight is 511 g/mol. The predicted molar refractivity (Wildman–Crippen MR) is 127 cm³/mol. The van der Waals surface area contributed by atoms with Gasteiger partial charge < -0.3 is 19.3 Å². The van der Waals surface area contributed by atoms with E-state index in [0.717, 1.165) is 22.6 Å². The monoisotopic (exact) mass is 511 g/mol. The largest absolute Gasteiger partial charge is 0.573 e. The molecular formula is C27H20F3NO6. The molecule has 1 N–H and O–H groups in total. The van der Waals surface area contributed by atoms with Gasteiger partial charge in [-0.05, 0) is 55.0 Å². The number of alkyl halides is 3. The number of hydrogen-bond acceptors (Lipinski definition) is 6. The summed E-state index contributed by atoms with van der Waals surface area (Å²) in [6.45, 7) is 2.53. The average Bonchev–Trinajstić information content (AvgIpc) is 3.13. The maximum Gasteiger partial charge on any atom is 0.573 e. The Kier molecular flexibility index (Phi) is 6.02. The molecule has 5 rings (SSSR count). The molecule has 0 saturated carbocycles. The second kappa shape index (κ2) is 9.20. The second-order valence-electron chi connectivity index (χ2n) is 8.48. The molecule has 2 heterocycles. The van der Waals surface area contributed by atoms with Crippen LogP contribution in [0.2, 0.25) is 0 Å². The summed E-state index contributed by atoms with van der Waals surface area (Å²) in [7, 11) is 0. The Labute approximate surface area is 209 Å². The summed E-state index contributed by atoms with van der Waals surface area (Å²) < 4.78 is 52.8. The van der Waals surface area contributed by atoms with Crippen LogP contribution in [0.3, 0.4) is 0 Å². The number of aliphatic hydroxyl groups excluding tert-OH is 1. The van der Waals surface area contributed by atoms with E-state index in [1.54, 1.807) is 30.3 Å². The number of halogens is 3. The zero-order valence-corrected chi connectivity index (χ0v) is 19.4. The summed E-state index contributed by atoms with van der Waals surface area (Å²) in [4.78, 5) is 27.7. The fourth-order valence-corrected chi connectivity index (χ4v) is 4.41. The fraction of sp³-hybridized carbons (Fsp3) is 0.185. The first-order chi connectivity index (χ1) is 17.6. The lowest BCUT2D eigenvalue weighted by Gasteiger charge is -2.26. The normalized spacial score (nSPS) is 18.7. The van der Waals surface area contributed by atoms with Gasteiger partial charge in [-0.2, -0.15) is 0 Å². The maximum atomic E-state index is 13.3. The molecule has 0 radical (unpaired) electrons. The highest BCUT2D eigenvalue weighted by molar-refractivity contribution is 6.51. The summed E-state index contributed by atoms with van der Waals surface area (Å²) in [6, 6.07) is 15.3. The molecule has 37 heavy (non-hydrogen) atoms. The third kappa shape index (κ3) is 4.69. The third-order valence-electron chi connectivity index (χ3n) is 5.97. The van der Waals surface area contributed by atoms with Crippen LogP contribution < -0.4 is 19.1 Å². The van der Waals surface area contributed by atoms with E-state index < -0.39 is 35.6 Å². The summed E-state index contributed by atoms with van der Waals surface area (Å²) >= 11 is 0. The highest BCUT2D eigenvalue weighted by atomic mass is 19.4. The van der Waals surface area contributed by atoms with Crippen LogP contribution in [-0.4, -0.2) is 36.4 Å². The van der Waals surface area contributed by atoms with Gasteiger partial charge in [-0.25, -0.2) is 0 Å².